The number of nitrogen functional groups attached to an aromatic ring is 1. The predicted octanol–water partition coefficient (Wildman–Crippen LogP) is -0.0148. The Balaban J connectivity index is 2.27. The third-order valence-corrected chi connectivity index (χ3v) is 5.60. The van der Waals surface area contributed by atoms with Crippen molar-refractivity contribution in [1.29, 1.82) is 0 Å². The molecule has 20 heavy (non-hydrogen) atoms. The van der Waals surface area contributed by atoms with E-state index in [2.05, 4.69) is 5.10 Å². The lowest BCUT2D eigenvalue weighted by Gasteiger charge is -2.16. The summed E-state index contributed by atoms with van der Waals surface area (Å²) in [6.45, 7) is 1.80. The van der Waals surface area contributed by atoms with Crippen molar-refractivity contribution in [3.8, 4) is 0 Å². The second kappa shape index (κ2) is 4.08. The normalized spacial score (nSPS) is 21.6. The molecular formula is C12H16N4O3S. The van der Waals surface area contributed by atoms with Gasteiger partial charge in [-0.3, -0.25) is 9.48 Å². The van der Waals surface area contributed by atoms with Gasteiger partial charge >= 0.3 is 0 Å². The molecule has 2 aromatic rings. The topological polar surface area (TPSA) is 100.0 Å². The summed E-state index contributed by atoms with van der Waals surface area (Å²) < 4.78 is 26.3. The minimum absolute atomic E-state index is 0.0133. The summed E-state index contributed by atoms with van der Waals surface area (Å²) in [5.74, 6) is 0.325. The summed E-state index contributed by atoms with van der Waals surface area (Å²) >= 11 is 0. The molecule has 1 fully saturated rings. The van der Waals surface area contributed by atoms with E-state index in [0.717, 1.165) is 5.69 Å². The van der Waals surface area contributed by atoms with Gasteiger partial charge in [-0.1, -0.05) is 0 Å². The zero-order valence-corrected chi connectivity index (χ0v) is 12.1. The summed E-state index contributed by atoms with van der Waals surface area (Å²) in [6.07, 6.45) is 0.467. The van der Waals surface area contributed by atoms with Crippen LogP contribution in [-0.2, 0) is 16.9 Å². The molecule has 8 heteroatoms. The first kappa shape index (κ1) is 13.2. The SMILES string of the molecule is Cc1cc2c(c(N)nn2C)c(=O)n1C1CCS(=O)(=O)C1. The van der Waals surface area contributed by atoms with Gasteiger partial charge in [0.2, 0.25) is 0 Å². The maximum Gasteiger partial charge on any atom is 0.264 e. The zero-order chi connectivity index (χ0) is 14.7. The summed E-state index contributed by atoms with van der Waals surface area (Å²) in [7, 11) is -1.32. The molecule has 1 atom stereocenters. The number of fused-ring (bicyclic) bond motifs is 1. The molecule has 1 aliphatic heterocycles. The third-order valence-electron chi connectivity index (χ3n) is 3.85. The minimum atomic E-state index is -3.05. The van der Waals surface area contributed by atoms with Crippen molar-refractivity contribution in [1.82, 2.24) is 14.3 Å². The van der Waals surface area contributed by atoms with Crippen LogP contribution < -0.4 is 11.3 Å². The van der Waals surface area contributed by atoms with E-state index in [1.54, 1.807) is 23.2 Å². The summed E-state index contributed by atoms with van der Waals surface area (Å²) in [4.78, 5) is 12.6. The number of anilines is 1. The number of aromatic nitrogens is 3. The highest BCUT2D eigenvalue weighted by atomic mass is 32.2. The van der Waals surface area contributed by atoms with Gasteiger partial charge in [0.05, 0.1) is 23.1 Å². The predicted molar refractivity (Wildman–Crippen MR) is 76.4 cm³/mol. The Morgan fingerprint density at radius 3 is 2.75 bits per heavy atom. The monoisotopic (exact) mass is 296 g/mol. The Bertz CT molecular complexity index is 863. The van der Waals surface area contributed by atoms with Crippen LogP contribution in [0.4, 0.5) is 5.82 Å². The Kier molecular flexibility index (Phi) is 2.69. The van der Waals surface area contributed by atoms with Crippen LogP contribution in [0.5, 0.6) is 0 Å². The molecule has 108 valence electrons. The molecule has 2 N–H and O–H groups in total. The molecule has 0 saturated carbocycles. The van der Waals surface area contributed by atoms with Gasteiger partial charge < -0.3 is 10.3 Å². The van der Waals surface area contributed by atoms with E-state index in [1.807, 2.05) is 6.07 Å². The highest BCUT2D eigenvalue weighted by Gasteiger charge is 2.31. The fourth-order valence-corrected chi connectivity index (χ4v) is 4.62. The molecule has 0 spiro atoms. The van der Waals surface area contributed by atoms with Crippen molar-refractivity contribution in [2.75, 3.05) is 17.2 Å². The molecule has 0 aromatic carbocycles. The van der Waals surface area contributed by atoms with Crippen molar-refractivity contribution >= 4 is 26.6 Å². The highest BCUT2D eigenvalue weighted by Crippen LogP contribution is 2.26. The lowest BCUT2D eigenvalue weighted by Crippen LogP contribution is -2.28. The number of pyridine rings is 1. The van der Waals surface area contributed by atoms with E-state index in [9.17, 15) is 13.2 Å². The van der Waals surface area contributed by atoms with Gasteiger partial charge in [-0.05, 0) is 19.4 Å². The molecule has 0 amide bonds. The van der Waals surface area contributed by atoms with Crippen LogP contribution in [0.25, 0.3) is 10.9 Å². The van der Waals surface area contributed by atoms with E-state index in [4.69, 9.17) is 5.73 Å². The number of sulfone groups is 1. The third kappa shape index (κ3) is 1.82. The molecule has 0 aliphatic carbocycles. The number of nitrogens with zero attached hydrogens (tertiary/aromatic N) is 3. The van der Waals surface area contributed by atoms with Crippen LogP contribution in [0, 0.1) is 6.92 Å². The second-order valence-corrected chi connectivity index (χ2v) is 7.52. The van der Waals surface area contributed by atoms with Crippen LogP contribution >= 0.6 is 0 Å². The molecule has 0 radical (unpaired) electrons. The molecule has 1 unspecified atom stereocenters. The van der Waals surface area contributed by atoms with Gasteiger partial charge in [-0.15, -0.1) is 0 Å². The van der Waals surface area contributed by atoms with Gasteiger partial charge in [0.15, 0.2) is 15.7 Å². The Hall–Kier alpha value is -1.83. The van der Waals surface area contributed by atoms with Gasteiger partial charge in [0.1, 0.15) is 5.39 Å². The Morgan fingerprint density at radius 2 is 2.15 bits per heavy atom. The van der Waals surface area contributed by atoms with Crippen LogP contribution in [0.3, 0.4) is 0 Å². The van der Waals surface area contributed by atoms with Crippen LogP contribution in [0.2, 0.25) is 0 Å². The number of hydrogen-bond acceptors (Lipinski definition) is 5. The molecule has 2 aromatic heterocycles. The first-order valence-corrected chi connectivity index (χ1v) is 8.17. The standard InChI is InChI=1S/C12H16N4O3S/c1-7-5-9-10(11(13)14-15(9)2)12(17)16(7)8-3-4-20(18,19)6-8/h5,8H,3-4,6H2,1-2H3,(H2,13,14). The van der Waals surface area contributed by atoms with Crippen LogP contribution in [-0.4, -0.2) is 34.3 Å². The van der Waals surface area contributed by atoms with E-state index in [-0.39, 0.29) is 28.9 Å². The van der Waals surface area contributed by atoms with E-state index in [0.29, 0.717) is 17.3 Å². The van der Waals surface area contributed by atoms with Gasteiger partial charge in [0.25, 0.3) is 5.56 Å². The lowest BCUT2D eigenvalue weighted by atomic mass is 10.2. The molecule has 3 heterocycles. The molecule has 0 bridgehead atoms. The quantitative estimate of drug-likeness (QED) is 0.797. The maximum absolute atomic E-state index is 12.6. The van der Waals surface area contributed by atoms with Crippen molar-refractivity contribution in [2.45, 2.75) is 19.4 Å². The van der Waals surface area contributed by atoms with Crippen LogP contribution in [0.15, 0.2) is 10.9 Å². The van der Waals surface area contributed by atoms with E-state index >= 15 is 0 Å². The first-order valence-electron chi connectivity index (χ1n) is 6.35. The fourth-order valence-electron chi connectivity index (χ4n) is 2.92. The van der Waals surface area contributed by atoms with E-state index < -0.39 is 9.84 Å². The number of aryl methyl sites for hydroxylation is 2. The number of hydrogen-bond donors (Lipinski definition) is 1. The summed E-state index contributed by atoms with van der Waals surface area (Å²) in [6, 6.07) is 1.52. The van der Waals surface area contributed by atoms with E-state index in [1.165, 1.54) is 0 Å². The van der Waals surface area contributed by atoms with Gasteiger partial charge in [-0.2, -0.15) is 5.10 Å². The Labute approximate surface area is 115 Å². The minimum Gasteiger partial charge on any atom is -0.382 e. The lowest BCUT2D eigenvalue weighted by molar-refractivity contribution is 0.529. The molecule has 1 aliphatic rings. The largest absolute Gasteiger partial charge is 0.382 e. The van der Waals surface area contributed by atoms with Crippen molar-refractivity contribution in [3.05, 3.63) is 22.1 Å². The summed E-state index contributed by atoms with van der Waals surface area (Å²) in [5.41, 5.74) is 6.93. The highest BCUT2D eigenvalue weighted by molar-refractivity contribution is 7.91. The summed E-state index contributed by atoms with van der Waals surface area (Å²) in [5, 5.41) is 4.41. The second-order valence-electron chi connectivity index (χ2n) is 5.29. The molecular weight excluding hydrogens is 280 g/mol. The molecule has 1 saturated heterocycles. The van der Waals surface area contributed by atoms with Crippen molar-refractivity contribution in [2.24, 2.45) is 7.05 Å². The van der Waals surface area contributed by atoms with Gasteiger partial charge in [-0.25, -0.2) is 8.42 Å². The van der Waals surface area contributed by atoms with Crippen molar-refractivity contribution in [3.63, 3.8) is 0 Å². The average Bonchev–Trinajstić information content (AvgIpc) is 2.80. The van der Waals surface area contributed by atoms with Gasteiger partial charge in [0, 0.05) is 12.7 Å². The average molecular weight is 296 g/mol. The molecule has 7 nitrogen and oxygen atoms in total. The number of rotatable bonds is 1. The Morgan fingerprint density at radius 1 is 1.45 bits per heavy atom. The molecule has 3 rings (SSSR count). The smallest absolute Gasteiger partial charge is 0.264 e. The number of nitrogens with two attached hydrogens (primary N) is 1. The first-order chi connectivity index (χ1) is 9.30. The fraction of sp³-hybridized carbons (Fsp3) is 0.500. The van der Waals surface area contributed by atoms with Crippen molar-refractivity contribution < 1.29 is 8.42 Å². The van der Waals surface area contributed by atoms with Crippen LogP contribution in [0.1, 0.15) is 18.2 Å². The maximum atomic E-state index is 12.6. The zero-order valence-electron chi connectivity index (χ0n) is 11.3.